The molecule has 0 bridgehead atoms. The summed E-state index contributed by atoms with van der Waals surface area (Å²) in [5.74, 6) is 0.937. The van der Waals surface area contributed by atoms with Crippen LogP contribution in [0.3, 0.4) is 0 Å². The van der Waals surface area contributed by atoms with Crippen LogP contribution in [0, 0.1) is 5.92 Å². The second kappa shape index (κ2) is 4.12. The molecule has 1 aliphatic rings. The van der Waals surface area contributed by atoms with E-state index in [1.807, 2.05) is 0 Å². The lowest BCUT2D eigenvalue weighted by Crippen LogP contribution is -2.49. The van der Waals surface area contributed by atoms with Crippen LogP contribution in [0.25, 0.3) is 0 Å². The van der Waals surface area contributed by atoms with Crippen molar-refractivity contribution < 1.29 is 4.79 Å². The predicted molar refractivity (Wildman–Crippen MR) is 54.5 cm³/mol. The Kier molecular flexibility index (Phi) is 3.34. The van der Waals surface area contributed by atoms with Gasteiger partial charge >= 0.3 is 0 Å². The molecule has 1 rings (SSSR count). The molecule has 1 atom stereocenters. The first-order chi connectivity index (χ1) is 6.04. The van der Waals surface area contributed by atoms with E-state index in [1.165, 1.54) is 6.42 Å². The fourth-order valence-electron chi connectivity index (χ4n) is 2.24. The summed E-state index contributed by atoms with van der Waals surface area (Å²) >= 11 is 0. The highest BCUT2D eigenvalue weighted by Crippen LogP contribution is 2.25. The van der Waals surface area contributed by atoms with E-state index in [2.05, 4.69) is 32.6 Å². The highest BCUT2D eigenvalue weighted by atomic mass is 16.2. The Hall–Kier alpha value is -0.530. The minimum absolute atomic E-state index is 0.347. The first-order valence-corrected chi connectivity index (χ1v) is 5.35. The first-order valence-electron chi connectivity index (χ1n) is 5.35. The van der Waals surface area contributed by atoms with Crippen LogP contribution < -0.4 is 0 Å². The molecule has 1 saturated heterocycles. The Morgan fingerprint density at radius 2 is 1.92 bits per heavy atom. The lowest BCUT2D eigenvalue weighted by molar-refractivity contribution is -0.139. The summed E-state index contributed by atoms with van der Waals surface area (Å²) < 4.78 is 0. The minimum Gasteiger partial charge on any atom is -0.337 e. The summed E-state index contributed by atoms with van der Waals surface area (Å²) in [6.07, 6.45) is 3.01. The molecule has 13 heavy (non-hydrogen) atoms. The minimum atomic E-state index is 0.347. The number of piperidine rings is 1. The van der Waals surface area contributed by atoms with Crippen molar-refractivity contribution in [2.75, 3.05) is 0 Å². The van der Waals surface area contributed by atoms with Crippen molar-refractivity contribution in [3.05, 3.63) is 0 Å². The summed E-state index contributed by atoms with van der Waals surface area (Å²) in [6, 6.07) is 0.835. The van der Waals surface area contributed by atoms with Gasteiger partial charge in [0.2, 0.25) is 5.91 Å². The Morgan fingerprint density at radius 1 is 1.31 bits per heavy atom. The third kappa shape index (κ3) is 2.23. The van der Waals surface area contributed by atoms with Crippen molar-refractivity contribution in [3.8, 4) is 0 Å². The zero-order valence-electron chi connectivity index (χ0n) is 9.21. The maximum Gasteiger partial charge on any atom is 0.223 e. The molecular weight excluding hydrogens is 162 g/mol. The zero-order chi connectivity index (χ0) is 10.0. The van der Waals surface area contributed by atoms with Crippen molar-refractivity contribution >= 4 is 5.91 Å². The number of likely N-dealkylation sites (tertiary alicyclic amines) is 1. The van der Waals surface area contributed by atoms with Gasteiger partial charge in [0.15, 0.2) is 0 Å². The largest absolute Gasteiger partial charge is 0.337 e. The molecule has 2 heteroatoms. The molecular formula is C11H21NO. The number of amides is 1. The van der Waals surface area contributed by atoms with Gasteiger partial charge in [0.05, 0.1) is 0 Å². The molecule has 0 aliphatic carbocycles. The second-order valence-electron chi connectivity index (χ2n) is 4.60. The summed E-state index contributed by atoms with van der Waals surface area (Å²) in [4.78, 5) is 13.8. The lowest BCUT2D eigenvalue weighted by atomic mass is 9.91. The highest BCUT2D eigenvalue weighted by Gasteiger charge is 2.31. The topological polar surface area (TPSA) is 20.3 Å². The van der Waals surface area contributed by atoms with Crippen molar-refractivity contribution in [2.45, 2.75) is 59.0 Å². The summed E-state index contributed by atoms with van der Waals surface area (Å²) in [7, 11) is 0. The van der Waals surface area contributed by atoms with E-state index in [0.29, 0.717) is 23.9 Å². The molecule has 0 radical (unpaired) electrons. The van der Waals surface area contributed by atoms with Crippen LogP contribution in [0.4, 0.5) is 0 Å². The predicted octanol–water partition coefficient (Wildman–Crippen LogP) is 2.43. The third-order valence-electron chi connectivity index (χ3n) is 2.86. The zero-order valence-corrected chi connectivity index (χ0v) is 9.21. The average Bonchev–Trinajstić information content (AvgIpc) is 2.02. The van der Waals surface area contributed by atoms with Crippen LogP contribution in [-0.4, -0.2) is 22.9 Å². The van der Waals surface area contributed by atoms with E-state index in [9.17, 15) is 4.79 Å². The number of carbonyl (C=O) groups is 1. The van der Waals surface area contributed by atoms with Crippen LogP contribution in [0.1, 0.15) is 47.0 Å². The molecule has 1 unspecified atom stereocenters. The Balaban J connectivity index is 2.74. The standard InChI is InChI=1S/C11H21NO/c1-8(2)10-6-5-7-11(13)12(10)9(3)4/h8-10H,5-7H2,1-4H3. The molecule has 0 aromatic rings. The number of hydrogen-bond acceptors (Lipinski definition) is 1. The first kappa shape index (κ1) is 10.6. The van der Waals surface area contributed by atoms with Gasteiger partial charge in [-0.1, -0.05) is 13.8 Å². The highest BCUT2D eigenvalue weighted by molar-refractivity contribution is 5.77. The van der Waals surface area contributed by atoms with Gasteiger partial charge in [0.25, 0.3) is 0 Å². The number of hydrogen-bond donors (Lipinski definition) is 0. The smallest absolute Gasteiger partial charge is 0.223 e. The SMILES string of the molecule is CC(C)C1CCCC(=O)N1C(C)C. The van der Waals surface area contributed by atoms with Crippen molar-refractivity contribution in [1.29, 1.82) is 0 Å². The van der Waals surface area contributed by atoms with Crippen LogP contribution >= 0.6 is 0 Å². The number of nitrogens with zero attached hydrogens (tertiary/aromatic N) is 1. The van der Waals surface area contributed by atoms with Gasteiger partial charge in [-0.2, -0.15) is 0 Å². The van der Waals surface area contributed by atoms with E-state index in [1.54, 1.807) is 0 Å². The number of rotatable bonds is 2. The van der Waals surface area contributed by atoms with Gasteiger partial charge < -0.3 is 4.90 Å². The molecule has 0 spiro atoms. The summed E-state index contributed by atoms with van der Waals surface area (Å²) in [6.45, 7) is 8.63. The molecule has 0 saturated carbocycles. The summed E-state index contributed by atoms with van der Waals surface area (Å²) in [5, 5.41) is 0. The molecule has 1 fully saturated rings. The van der Waals surface area contributed by atoms with Crippen molar-refractivity contribution in [3.63, 3.8) is 0 Å². The van der Waals surface area contributed by atoms with Gasteiger partial charge in [0.1, 0.15) is 0 Å². The van der Waals surface area contributed by atoms with E-state index in [-0.39, 0.29) is 0 Å². The van der Waals surface area contributed by atoms with Crippen LogP contribution in [-0.2, 0) is 4.79 Å². The third-order valence-corrected chi connectivity index (χ3v) is 2.86. The Labute approximate surface area is 81.3 Å². The van der Waals surface area contributed by atoms with Crippen molar-refractivity contribution in [1.82, 2.24) is 4.90 Å². The molecule has 0 N–H and O–H groups in total. The normalized spacial score (nSPS) is 24.6. The van der Waals surface area contributed by atoms with Gasteiger partial charge in [-0.25, -0.2) is 0 Å². The monoisotopic (exact) mass is 183 g/mol. The molecule has 2 nitrogen and oxygen atoms in total. The van der Waals surface area contributed by atoms with Crippen LogP contribution in [0.15, 0.2) is 0 Å². The Morgan fingerprint density at radius 3 is 2.31 bits per heavy atom. The number of carbonyl (C=O) groups excluding carboxylic acids is 1. The molecule has 0 aromatic carbocycles. The fourth-order valence-corrected chi connectivity index (χ4v) is 2.24. The van der Waals surface area contributed by atoms with E-state index in [0.717, 1.165) is 12.8 Å². The lowest BCUT2D eigenvalue weighted by Gasteiger charge is -2.41. The van der Waals surface area contributed by atoms with Crippen LogP contribution in [0.2, 0.25) is 0 Å². The van der Waals surface area contributed by atoms with Crippen molar-refractivity contribution in [2.24, 2.45) is 5.92 Å². The molecule has 1 heterocycles. The van der Waals surface area contributed by atoms with E-state index in [4.69, 9.17) is 0 Å². The van der Waals surface area contributed by atoms with Gasteiger partial charge in [-0.3, -0.25) is 4.79 Å². The second-order valence-corrected chi connectivity index (χ2v) is 4.60. The quantitative estimate of drug-likeness (QED) is 0.644. The van der Waals surface area contributed by atoms with E-state index < -0.39 is 0 Å². The maximum absolute atomic E-state index is 11.7. The molecule has 1 aliphatic heterocycles. The maximum atomic E-state index is 11.7. The molecule has 1 amide bonds. The van der Waals surface area contributed by atoms with Gasteiger partial charge in [-0.05, 0) is 32.6 Å². The molecule has 76 valence electrons. The average molecular weight is 183 g/mol. The Bertz CT molecular complexity index is 187. The summed E-state index contributed by atoms with van der Waals surface area (Å²) in [5.41, 5.74) is 0. The van der Waals surface area contributed by atoms with Crippen LogP contribution in [0.5, 0.6) is 0 Å². The van der Waals surface area contributed by atoms with Gasteiger partial charge in [-0.15, -0.1) is 0 Å². The fraction of sp³-hybridized carbons (Fsp3) is 0.909. The van der Waals surface area contributed by atoms with E-state index >= 15 is 0 Å². The molecule has 0 aromatic heterocycles. The van der Waals surface area contributed by atoms with Gasteiger partial charge in [0, 0.05) is 18.5 Å².